The van der Waals surface area contributed by atoms with Crippen LogP contribution >= 0.6 is 0 Å². The Morgan fingerprint density at radius 2 is 1.69 bits per heavy atom. The van der Waals surface area contributed by atoms with Crippen molar-refractivity contribution < 1.29 is 31.8 Å². The number of aryl methyl sites for hydroxylation is 1. The third kappa shape index (κ3) is 3.75. The summed E-state index contributed by atoms with van der Waals surface area (Å²) in [6.45, 7) is 5.10. The molecule has 4 nitrogen and oxygen atoms in total. The summed E-state index contributed by atoms with van der Waals surface area (Å²) >= 11 is 0. The largest absolute Gasteiger partial charge is 0.479 e. The lowest BCUT2D eigenvalue weighted by molar-refractivity contribution is 0.0912. The van der Waals surface area contributed by atoms with Crippen molar-refractivity contribution in [3.63, 3.8) is 0 Å². The summed E-state index contributed by atoms with van der Waals surface area (Å²) in [5.41, 5.74) is 1.72. The van der Waals surface area contributed by atoms with Crippen molar-refractivity contribution in [1.29, 1.82) is 0 Å². The van der Waals surface area contributed by atoms with E-state index in [1.807, 2.05) is 11.5 Å². The molecular formula is C18H19F4NO3. The smallest absolute Gasteiger partial charge is 0.203 e. The van der Waals surface area contributed by atoms with Gasteiger partial charge in [-0.25, -0.2) is 8.78 Å². The fourth-order valence-electron chi connectivity index (χ4n) is 2.95. The molecule has 142 valence electrons. The molecule has 2 rings (SSSR count). The molecule has 0 aliphatic heterocycles. The van der Waals surface area contributed by atoms with Gasteiger partial charge in [-0.2, -0.15) is 8.78 Å². The summed E-state index contributed by atoms with van der Waals surface area (Å²) in [6, 6.07) is 1.66. The van der Waals surface area contributed by atoms with Crippen molar-refractivity contribution >= 4 is 5.78 Å². The van der Waals surface area contributed by atoms with Crippen LogP contribution in [0.4, 0.5) is 17.6 Å². The number of benzene rings is 1. The molecule has 0 fully saturated rings. The van der Waals surface area contributed by atoms with Crippen molar-refractivity contribution in [2.45, 2.75) is 26.8 Å². The maximum Gasteiger partial charge on any atom is 0.203 e. The maximum atomic E-state index is 13.6. The predicted molar refractivity (Wildman–Crippen MR) is 86.6 cm³/mol. The average Bonchev–Trinajstić information content (AvgIpc) is 2.87. The van der Waals surface area contributed by atoms with Gasteiger partial charge in [0.05, 0.1) is 12.6 Å². The predicted octanol–water partition coefficient (Wildman–Crippen LogP) is 4.13. The third-order valence-corrected chi connectivity index (χ3v) is 4.05. The number of aromatic nitrogens is 1. The van der Waals surface area contributed by atoms with Crippen LogP contribution in [0.3, 0.4) is 0 Å². The number of halogens is 4. The Morgan fingerprint density at radius 3 is 2.23 bits per heavy atom. The lowest BCUT2D eigenvalue weighted by atomic mass is 10.1. The average molecular weight is 373 g/mol. The fourth-order valence-corrected chi connectivity index (χ4v) is 2.95. The van der Waals surface area contributed by atoms with Crippen LogP contribution in [0.15, 0.2) is 12.1 Å². The van der Waals surface area contributed by atoms with E-state index in [0.717, 1.165) is 5.69 Å². The fraction of sp³-hybridized carbons (Fsp3) is 0.389. The van der Waals surface area contributed by atoms with Gasteiger partial charge in [-0.05, 0) is 26.8 Å². The van der Waals surface area contributed by atoms with Crippen LogP contribution in [0.1, 0.15) is 34.7 Å². The zero-order valence-electron chi connectivity index (χ0n) is 14.8. The van der Waals surface area contributed by atoms with Gasteiger partial charge in [-0.3, -0.25) is 4.79 Å². The monoisotopic (exact) mass is 373 g/mol. The molecule has 1 aromatic carbocycles. The van der Waals surface area contributed by atoms with Gasteiger partial charge >= 0.3 is 0 Å². The van der Waals surface area contributed by atoms with E-state index >= 15 is 0 Å². The number of rotatable bonds is 7. The molecule has 0 saturated heterocycles. The number of hydrogen-bond acceptors (Lipinski definition) is 3. The van der Waals surface area contributed by atoms with Crippen LogP contribution < -0.4 is 4.74 Å². The minimum absolute atomic E-state index is 0.0327. The van der Waals surface area contributed by atoms with Crippen molar-refractivity contribution in [2.75, 3.05) is 20.3 Å². The molecule has 0 radical (unpaired) electrons. The van der Waals surface area contributed by atoms with Crippen molar-refractivity contribution in [1.82, 2.24) is 4.57 Å². The Labute approximate surface area is 148 Å². The zero-order valence-corrected chi connectivity index (χ0v) is 14.8. The second kappa shape index (κ2) is 7.90. The topological polar surface area (TPSA) is 40.5 Å². The maximum absolute atomic E-state index is 13.6. The number of carbonyl (C=O) groups is 1. The van der Waals surface area contributed by atoms with Gasteiger partial charge in [-0.1, -0.05) is 0 Å². The van der Waals surface area contributed by atoms with E-state index in [4.69, 9.17) is 9.47 Å². The molecule has 0 N–H and O–H groups in total. The second-order valence-corrected chi connectivity index (χ2v) is 5.97. The molecule has 8 heteroatoms. The highest BCUT2D eigenvalue weighted by Gasteiger charge is 2.23. The Kier molecular flexibility index (Phi) is 6.07. The van der Waals surface area contributed by atoms with E-state index in [1.165, 1.54) is 0 Å². The van der Waals surface area contributed by atoms with Gasteiger partial charge in [0, 0.05) is 30.1 Å². The number of carbonyl (C=O) groups excluding carboxylic acids is 1. The van der Waals surface area contributed by atoms with Crippen LogP contribution in [0.5, 0.6) is 5.75 Å². The van der Waals surface area contributed by atoms with Gasteiger partial charge < -0.3 is 14.0 Å². The van der Waals surface area contributed by atoms with Gasteiger partial charge in [0.2, 0.25) is 17.4 Å². The standard InChI is InChI=1S/C18H19F4NO3/c1-9-5-12(11(3)23(9)10(2)7-25-4)15(24)8-26-18-16(21)13(19)6-14(20)17(18)22/h5-6,10H,7-8H2,1-4H3. The summed E-state index contributed by atoms with van der Waals surface area (Å²) in [6.07, 6.45) is 0. The molecule has 0 bridgehead atoms. The van der Waals surface area contributed by atoms with Gasteiger partial charge in [0.15, 0.2) is 24.0 Å². The number of ketones is 1. The number of hydrogen-bond donors (Lipinski definition) is 0. The molecular weight excluding hydrogens is 354 g/mol. The Balaban J connectivity index is 2.24. The van der Waals surface area contributed by atoms with Crippen molar-refractivity contribution in [3.8, 4) is 5.75 Å². The van der Waals surface area contributed by atoms with Crippen molar-refractivity contribution in [2.24, 2.45) is 0 Å². The van der Waals surface area contributed by atoms with E-state index in [-0.39, 0.29) is 12.1 Å². The number of nitrogens with zero attached hydrogens (tertiary/aromatic N) is 1. The normalized spacial score (nSPS) is 12.3. The first kappa shape index (κ1) is 20.0. The molecule has 0 aliphatic rings. The molecule has 1 aromatic heterocycles. The molecule has 0 aliphatic carbocycles. The SMILES string of the molecule is COCC(C)n1c(C)cc(C(=O)COc2c(F)c(F)cc(F)c2F)c1C. The summed E-state index contributed by atoms with van der Waals surface area (Å²) < 4.78 is 65.3. The quantitative estimate of drug-likeness (QED) is 0.416. The summed E-state index contributed by atoms with van der Waals surface area (Å²) in [5.74, 6) is -8.39. The number of ether oxygens (including phenoxy) is 2. The van der Waals surface area contributed by atoms with Gasteiger partial charge in [0.25, 0.3) is 0 Å². The lowest BCUT2D eigenvalue weighted by Crippen LogP contribution is -2.17. The second-order valence-electron chi connectivity index (χ2n) is 5.97. The van der Waals surface area contributed by atoms with Crippen LogP contribution in [-0.2, 0) is 4.74 Å². The zero-order chi connectivity index (χ0) is 19.6. The van der Waals surface area contributed by atoms with Crippen molar-refractivity contribution in [3.05, 3.63) is 52.4 Å². The first-order chi connectivity index (χ1) is 12.2. The van der Waals surface area contributed by atoms with Gasteiger partial charge in [-0.15, -0.1) is 0 Å². The summed E-state index contributed by atoms with van der Waals surface area (Å²) in [5, 5.41) is 0. The first-order valence-corrected chi connectivity index (χ1v) is 7.85. The lowest BCUT2D eigenvalue weighted by Gasteiger charge is -2.17. The van der Waals surface area contributed by atoms with Gasteiger partial charge in [0.1, 0.15) is 0 Å². The highest BCUT2D eigenvalue weighted by atomic mass is 19.2. The van der Waals surface area contributed by atoms with E-state index < -0.39 is 41.4 Å². The Morgan fingerprint density at radius 1 is 1.12 bits per heavy atom. The Hall–Kier alpha value is -2.35. The van der Waals surface area contributed by atoms with E-state index in [9.17, 15) is 22.4 Å². The molecule has 0 amide bonds. The molecule has 1 heterocycles. The molecule has 0 spiro atoms. The third-order valence-electron chi connectivity index (χ3n) is 4.05. The minimum Gasteiger partial charge on any atom is -0.479 e. The molecule has 0 saturated carbocycles. The molecule has 1 atom stereocenters. The summed E-state index contributed by atoms with van der Waals surface area (Å²) in [4.78, 5) is 12.4. The van der Waals surface area contributed by atoms with Crippen LogP contribution in [-0.4, -0.2) is 30.7 Å². The molecule has 2 aromatic rings. The van der Waals surface area contributed by atoms with E-state index in [2.05, 4.69) is 0 Å². The van der Waals surface area contributed by atoms with E-state index in [0.29, 0.717) is 17.9 Å². The minimum atomic E-state index is -1.68. The number of methoxy groups -OCH3 is 1. The Bertz CT molecular complexity index is 806. The molecule has 26 heavy (non-hydrogen) atoms. The van der Waals surface area contributed by atoms with Crippen LogP contribution in [0, 0.1) is 37.1 Å². The highest BCUT2D eigenvalue weighted by molar-refractivity contribution is 5.98. The number of Topliss-reactive ketones (excluding diaryl/α,β-unsaturated/α-hetero) is 1. The molecule has 1 unspecified atom stereocenters. The van der Waals surface area contributed by atoms with Crippen LogP contribution in [0.2, 0.25) is 0 Å². The summed E-state index contributed by atoms with van der Waals surface area (Å²) in [7, 11) is 1.56. The highest BCUT2D eigenvalue weighted by Crippen LogP contribution is 2.27. The van der Waals surface area contributed by atoms with Crippen LogP contribution in [0.25, 0.3) is 0 Å². The van der Waals surface area contributed by atoms with E-state index in [1.54, 1.807) is 27.0 Å². The first-order valence-electron chi connectivity index (χ1n) is 7.85.